The van der Waals surface area contributed by atoms with Crippen molar-refractivity contribution in [2.45, 2.75) is 19.4 Å². The SMILES string of the molecule is CCC1C(=O)NC(=O)CN1C(=O)c1cc(I)ccc1O. The number of nitrogens with zero attached hydrogens (tertiary/aromatic N) is 1. The zero-order valence-corrected chi connectivity index (χ0v) is 12.9. The van der Waals surface area contributed by atoms with E-state index in [2.05, 4.69) is 5.32 Å². The van der Waals surface area contributed by atoms with E-state index in [4.69, 9.17) is 0 Å². The van der Waals surface area contributed by atoms with Gasteiger partial charge in [-0.2, -0.15) is 0 Å². The van der Waals surface area contributed by atoms with Crippen LogP contribution in [0.2, 0.25) is 0 Å². The van der Waals surface area contributed by atoms with Crippen LogP contribution in [0.3, 0.4) is 0 Å². The first kappa shape index (κ1) is 14.8. The molecular weight excluding hydrogens is 375 g/mol. The van der Waals surface area contributed by atoms with Crippen molar-refractivity contribution in [3.63, 3.8) is 0 Å². The van der Waals surface area contributed by atoms with E-state index in [9.17, 15) is 19.5 Å². The topological polar surface area (TPSA) is 86.7 Å². The Morgan fingerprint density at radius 1 is 1.50 bits per heavy atom. The summed E-state index contributed by atoms with van der Waals surface area (Å²) in [7, 11) is 0. The van der Waals surface area contributed by atoms with Crippen molar-refractivity contribution in [3.05, 3.63) is 27.3 Å². The van der Waals surface area contributed by atoms with E-state index in [0.29, 0.717) is 6.42 Å². The van der Waals surface area contributed by atoms with Gasteiger partial charge in [-0.05, 0) is 47.2 Å². The minimum Gasteiger partial charge on any atom is -0.507 e. The number of phenolic OH excluding ortho intramolecular Hbond substituents is 1. The summed E-state index contributed by atoms with van der Waals surface area (Å²) in [5, 5.41) is 12.0. The van der Waals surface area contributed by atoms with Gasteiger partial charge in [0.2, 0.25) is 11.8 Å². The van der Waals surface area contributed by atoms with Crippen molar-refractivity contribution in [2.75, 3.05) is 6.54 Å². The van der Waals surface area contributed by atoms with Crippen LogP contribution in [0, 0.1) is 3.57 Å². The van der Waals surface area contributed by atoms with Gasteiger partial charge in [0.15, 0.2) is 0 Å². The van der Waals surface area contributed by atoms with Crippen LogP contribution in [-0.2, 0) is 9.59 Å². The number of hydrogen-bond donors (Lipinski definition) is 2. The predicted octanol–water partition coefficient (Wildman–Crippen LogP) is 0.874. The Morgan fingerprint density at radius 3 is 2.85 bits per heavy atom. The highest BCUT2D eigenvalue weighted by atomic mass is 127. The molecule has 7 heteroatoms. The van der Waals surface area contributed by atoms with Crippen LogP contribution in [-0.4, -0.2) is 40.3 Å². The molecule has 0 radical (unpaired) electrons. The number of imide groups is 1. The molecule has 0 spiro atoms. The Kier molecular flexibility index (Phi) is 4.26. The molecule has 2 rings (SSSR count). The molecule has 0 saturated carbocycles. The standard InChI is InChI=1S/C13H13IN2O4/c1-2-9-12(19)15-11(18)6-16(9)13(20)8-5-7(14)3-4-10(8)17/h3-5,9,17H,2,6H2,1H3,(H,15,18,19). The monoisotopic (exact) mass is 388 g/mol. The van der Waals surface area contributed by atoms with Crippen LogP contribution in [0.25, 0.3) is 0 Å². The minimum absolute atomic E-state index is 0.0952. The Bertz CT molecular complexity index is 588. The van der Waals surface area contributed by atoms with Crippen molar-refractivity contribution >= 4 is 40.3 Å². The molecule has 1 heterocycles. The highest BCUT2D eigenvalue weighted by molar-refractivity contribution is 14.1. The van der Waals surface area contributed by atoms with Crippen LogP contribution in [0.1, 0.15) is 23.7 Å². The molecule has 0 aromatic heterocycles. The molecule has 106 valence electrons. The van der Waals surface area contributed by atoms with Gasteiger partial charge in [-0.25, -0.2) is 0 Å². The lowest BCUT2D eigenvalue weighted by atomic mass is 10.1. The number of benzene rings is 1. The fourth-order valence-corrected chi connectivity index (χ4v) is 2.61. The van der Waals surface area contributed by atoms with E-state index in [1.54, 1.807) is 13.0 Å². The van der Waals surface area contributed by atoms with Gasteiger partial charge in [0.1, 0.15) is 18.3 Å². The van der Waals surface area contributed by atoms with Gasteiger partial charge in [0.05, 0.1) is 5.56 Å². The number of hydrogen-bond acceptors (Lipinski definition) is 4. The lowest BCUT2D eigenvalue weighted by Crippen LogP contribution is -2.59. The van der Waals surface area contributed by atoms with E-state index in [1.807, 2.05) is 22.6 Å². The van der Waals surface area contributed by atoms with Gasteiger partial charge >= 0.3 is 0 Å². The molecule has 2 N–H and O–H groups in total. The Labute approximate surface area is 129 Å². The Balaban J connectivity index is 2.37. The smallest absolute Gasteiger partial charge is 0.258 e. The number of aromatic hydroxyl groups is 1. The summed E-state index contributed by atoms with van der Waals surface area (Å²) in [6, 6.07) is 3.92. The maximum absolute atomic E-state index is 12.5. The first-order valence-electron chi connectivity index (χ1n) is 6.07. The van der Waals surface area contributed by atoms with Crippen molar-refractivity contribution in [1.82, 2.24) is 10.2 Å². The number of rotatable bonds is 2. The molecule has 1 saturated heterocycles. The van der Waals surface area contributed by atoms with Crippen LogP contribution >= 0.6 is 22.6 Å². The van der Waals surface area contributed by atoms with E-state index in [-0.39, 0.29) is 17.9 Å². The molecule has 1 aliphatic rings. The maximum Gasteiger partial charge on any atom is 0.258 e. The van der Waals surface area contributed by atoms with E-state index < -0.39 is 23.8 Å². The van der Waals surface area contributed by atoms with Gasteiger partial charge in [-0.3, -0.25) is 19.7 Å². The third kappa shape index (κ3) is 2.77. The number of nitrogens with one attached hydrogen (secondary N) is 1. The zero-order valence-electron chi connectivity index (χ0n) is 10.7. The van der Waals surface area contributed by atoms with Crippen LogP contribution in [0.15, 0.2) is 18.2 Å². The molecule has 1 aliphatic heterocycles. The summed E-state index contributed by atoms with van der Waals surface area (Å²) in [5.74, 6) is -1.68. The van der Waals surface area contributed by atoms with Crippen molar-refractivity contribution in [3.8, 4) is 5.75 Å². The fraction of sp³-hybridized carbons (Fsp3) is 0.308. The molecule has 1 atom stereocenters. The lowest BCUT2D eigenvalue weighted by Gasteiger charge is -2.33. The summed E-state index contributed by atoms with van der Waals surface area (Å²) in [5.41, 5.74) is 0.0952. The van der Waals surface area contributed by atoms with Crippen molar-refractivity contribution in [2.24, 2.45) is 0 Å². The average Bonchev–Trinajstić information content (AvgIpc) is 2.40. The molecule has 0 aliphatic carbocycles. The van der Waals surface area contributed by atoms with Crippen LogP contribution < -0.4 is 5.32 Å². The van der Waals surface area contributed by atoms with Gasteiger partial charge in [-0.15, -0.1) is 0 Å². The molecular formula is C13H13IN2O4. The van der Waals surface area contributed by atoms with Gasteiger partial charge < -0.3 is 10.0 Å². The van der Waals surface area contributed by atoms with Crippen molar-refractivity contribution in [1.29, 1.82) is 0 Å². The first-order valence-corrected chi connectivity index (χ1v) is 7.15. The second-order valence-electron chi connectivity index (χ2n) is 4.43. The summed E-state index contributed by atoms with van der Waals surface area (Å²) in [4.78, 5) is 36.9. The largest absolute Gasteiger partial charge is 0.507 e. The van der Waals surface area contributed by atoms with E-state index in [1.165, 1.54) is 17.0 Å². The van der Waals surface area contributed by atoms with Crippen LogP contribution in [0.4, 0.5) is 0 Å². The van der Waals surface area contributed by atoms with Crippen LogP contribution in [0.5, 0.6) is 5.75 Å². The molecule has 1 aromatic rings. The van der Waals surface area contributed by atoms with E-state index >= 15 is 0 Å². The first-order chi connectivity index (χ1) is 9.43. The van der Waals surface area contributed by atoms with Gasteiger partial charge in [-0.1, -0.05) is 6.92 Å². The number of piperazine rings is 1. The fourth-order valence-electron chi connectivity index (χ4n) is 2.12. The molecule has 1 fully saturated rings. The normalized spacial score (nSPS) is 18.9. The lowest BCUT2D eigenvalue weighted by molar-refractivity contribution is -0.138. The number of carbonyl (C=O) groups is 3. The second kappa shape index (κ2) is 5.78. The third-order valence-electron chi connectivity index (χ3n) is 3.09. The number of halogens is 1. The second-order valence-corrected chi connectivity index (χ2v) is 5.68. The molecule has 6 nitrogen and oxygen atoms in total. The van der Waals surface area contributed by atoms with Crippen molar-refractivity contribution < 1.29 is 19.5 Å². The molecule has 1 aromatic carbocycles. The maximum atomic E-state index is 12.5. The van der Waals surface area contributed by atoms with Gasteiger partial charge in [0.25, 0.3) is 5.91 Å². The number of phenols is 1. The third-order valence-corrected chi connectivity index (χ3v) is 3.76. The summed E-state index contributed by atoms with van der Waals surface area (Å²) in [6.45, 7) is 1.57. The number of carbonyl (C=O) groups excluding carboxylic acids is 3. The molecule has 3 amide bonds. The predicted molar refractivity (Wildman–Crippen MR) is 79.1 cm³/mol. The Morgan fingerprint density at radius 2 is 2.20 bits per heavy atom. The highest BCUT2D eigenvalue weighted by Crippen LogP contribution is 2.23. The van der Waals surface area contributed by atoms with Gasteiger partial charge in [0, 0.05) is 3.57 Å². The number of amides is 3. The highest BCUT2D eigenvalue weighted by Gasteiger charge is 2.36. The summed E-state index contributed by atoms with van der Waals surface area (Å²) in [6.07, 6.45) is 0.398. The quantitative estimate of drug-likeness (QED) is 0.582. The molecule has 20 heavy (non-hydrogen) atoms. The zero-order chi connectivity index (χ0) is 14.9. The minimum atomic E-state index is -0.697. The van der Waals surface area contributed by atoms with E-state index in [0.717, 1.165) is 3.57 Å². The average molecular weight is 388 g/mol. The summed E-state index contributed by atoms with van der Waals surface area (Å²) < 4.78 is 0.782. The molecule has 0 bridgehead atoms. The Hall–Kier alpha value is -1.64. The summed E-state index contributed by atoms with van der Waals surface area (Å²) >= 11 is 2.02. The molecule has 1 unspecified atom stereocenters.